The highest BCUT2D eigenvalue weighted by atomic mass is 35.5. The molecule has 2 aromatic heterocycles. The van der Waals surface area contributed by atoms with Crippen molar-refractivity contribution in [3.8, 4) is 0 Å². The number of rotatable bonds is 8. The van der Waals surface area contributed by atoms with E-state index in [1.807, 2.05) is 0 Å². The first kappa shape index (κ1) is 30.3. The van der Waals surface area contributed by atoms with Crippen molar-refractivity contribution in [3.63, 3.8) is 0 Å². The molecule has 1 aliphatic heterocycles. The lowest BCUT2D eigenvalue weighted by molar-refractivity contribution is -0.108. The van der Waals surface area contributed by atoms with E-state index in [9.17, 15) is 14.4 Å². The largest absolute Gasteiger partial charge is 0.459 e. The summed E-state index contributed by atoms with van der Waals surface area (Å²) in [7, 11) is 0. The number of ether oxygens (including phenoxy) is 4. The lowest BCUT2D eigenvalue weighted by Crippen LogP contribution is -2.50. The molecule has 1 aliphatic rings. The van der Waals surface area contributed by atoms with Gasteiger partial charge in [0.1, 0.15) is 23.4 Å². The minimum absolute atomic E-state index is 0.0534. The fraction of sp³-hybridized carbons (Fsp3) is 0.182. The fourth-order valence-corrected chi connectivity index (χ4v) is 5.68. The van der Waals surface area contributed by atoms with Crippen molar-refractivity contribution in [2.75, 3.05) is 6.61 Å². The molecule has 1 saturated heterocycles. The molecule has 0 N–H and O–H groups in total. The molecule has 10 nitrogen and oxygen atoms in total. The number of benzene rings is 3. The van der Waals surface area contributed by atoms with Crippen molar-refractivity contribution in [1.29, 1.82) is 0 Å². The molecule has 0 saturated carbocycles. The van der Waals surface area contributed by atoms with Gasteiger partial charge in [0, 0.05) is 6.07 Å². The number of carbonyl (C=O) groups is 3. The van der Waals surface area contributed by atoms with Crippen LogP contribution in [0, 0.1) is 0 Å². The molecule has 6 rings (SSSR count). The molecule has 0 spiro atoms. The van der Waals surface area contributed by atoms with Gasteiger partial charge < -0.3 is 18.9 Å². The Kier molecular flexibility index (Phi) is 8.53. The number of imidazole rings is 1. The Morgan fingerprint density at radius 2 is 1.40 bits per heavy atom. The van der Waals surface area contributed by atoms with E-state index >= 15 is 0 Å². The van der Waals surface area contributed by atoms with Crippen LogP contribution in [0.25, 0.3) is 11.0 Å². The second kappa shape index (κ2) is 12.7. The molecule has 12 heteroatoms. The molecular formula is C33H25Cl2N3O7. The Labute approximate surface area is 267 Å². The Morgan fingerprint density at radius 1 is 0.844 bits per heavy atom. The number of pyridine rings is 1. The second-order valence-electron chi connectivity index (χ2n) is 10.4. The predicted octanol–water partition coefficient (Wildman–Crippen LogP) is 6.33. The van der Waals surface area contributed by atoms with Crippen molar-refractivity contribution in [2.45, 2.75) is 31.0 Å². The summed E-state index contributed by atoms with van der Waals surface area (Å²) in [5, 5.41) is 0.147. The molecule has 0 unspecified atom stereocenters. The normalized spacial score (nSPS) is 20.9. The number of carbonyl (C=O) groups excluding carboxylic acids is 3. The van der Waals surface area contributed by atoms with Gasteiger partial charge in [-0.1, -0.05) is 77.8 Å². The van der Waals surface area contributed by atoms with Gasteiger partial charge in [-0.25, -0.2) is 24.4 Å². The average molecular weight is 646 g/mol. The van der Waals surface area contributed by atoms with E-state index in [0.29, 0.717) is 16.6 Å². The molecule has 0 amide bonds. The van der Waals surface area contributed by atoms with E-state index in [1.54, 1.807) is 102 Å². The standard InChI is InChI=1S/C33H25Cl2N3O7/c1-33(45-31(41)22-15-9-4-10-16-22)27(44-30(40)21-13-7-3-8-14-21)24(18-42-29(39)20-11-5-2-6-12-20)43-32(33)38-19-36-26-23(38)17-25(34)37-28(26)35/h2-17,19,24,27,32H,18H2,1H3/t24-,27-,32-,33-/m1/s1. The van der Waals surface area contributed by atoms with Gasteiger partial charge >= 0.3 is 17.9 Å². The third-order valence-corrected chi connectivity index (χ3v) is 7.85. The molecule has 4 atom stereocenters. The van der Waals surface area contributed by atoms with E-state index in [0.717, 1.165) is 0 Å². The molecule has 45 heavy (non-hydrogen) atoms. The summed E-state index contributed by atoms with van der Waals surface area (Å²) >= 11 is 12.6. The van der Waals surface area contributed by atoms with Crippen LogP contribution >= 0.6 is 23.2 Å². The van der Waals surface area contributed by atoms with E-state index in [1.165, 1.54) is 12.4 Å². The number of hydrogen-bond donors (Lipinski definition) is 0. The zero-order chi connectivity index (χ0) is 31.6. The fourth-order valence-electron chi connectivity index (χ4n) is 5.21. The monoisotopic (exact) mass is 645 g/mol. The average Bonchev–Trinajstić information content (AvgIpc) is 3.59. The first-order chi connectivity index (χ1) is 21.7. The molecule has 3 aromatic carbocycles. The van der Waals surface area contributed by atoms with Crippen LogP contribution in [0.3, 0.4) is 0 Å². The van der Waals surface area contributed by atoms with Crippen LogP contribution in [0.15, 0.2) is 103 Å². The Balaban J connectivity index is 1.43. The van der Waals surface area contributed by atoms with Crippen molar-refractivity contribution < 1.29 is 33.3 Å². The van der Waals surface area contributed by atoms with Gasteiger partial charge in [-0.3, -0.25) is 4.57 Å². The summed E-state index contributed by atoms with van der Waals surface area (Å²) in [6.07, 6.45) is -2.08. The highest BCUT2D eigenvalue weighted by Gasteiger charge is 2.60. The van der Waals surface area contributed by atoms with Crippen molar-refractivity contribution in [3.05, 3.63) is 130 Å². The molecule has 0 bridgehead atoms. The Hall–Kier alpha value is -4.77. The third kappa shape index (κ3) is 6.12. The maximum atomic E-state index is 13.6. The first-order valence-electron chi connectivity index (χ1n) is 13.8. The maximum absolute atomic E-state index is 13.6. The van der Waals surface area contributed by atoms with Gasteiger partial charge in [0.05, 0.1) is 28.5 Å². The number of halogens is 2. The van der Waals surface area contributed by atoms with Gasteiger partial charge in [-0.15, -0.1) is 0 Å². The summed E-state index contributed by atoms with van der Waals surface area (Å²) in [6, 6.07) is 26.6. The van der Waals surface area contributed by atoms with Crippen LogP contribution in [0.2, 0.25) is 10.3 Å². The molecule has 5 aromatic rings. The zero-order valence-electron chi connectivity index (χ0n) is 23.7. The van der Waals surface area contributed by atoms with Crippen molar-refractivity contribution >= 4 is 52.1 Å². The maximum Gasteiger partial charge on any atom is 0.338 e. The number of fused-ring (bicyclic) bond motifs is 1. The van der Waals surface area contributed by atoms with Crippen molar-refractivity contribution in [2.24, 2.45) is 0 Å². The molecule has 0 radical (unpaired) electrons. The Bertz CT molecular complexity index is 1850. The van der Waals surface area contributed by atoms with Crippen LogP contribution in [-0.4, -0.2) is 56.9 Å². The zero-order valence-corrected chi connectivity index (χ0v) is 25.2. The van der Waals surface area contributed by atoms with Crippen LogP contribution in [0.5, 0.6) is 0 Å². The van der Waals surface area contributed by atoms with Crippen LogP contribution < -0.4 is 0 Å². The number of aromatic nitrogens is 3. The van der Waals surface area contributed by atoms with E-state index in [-0.39, 0.29) is 28.0 Å². The highest BCUT2D eigenvalue weighted by Crippen LogP contribution is 2.45. The Morgan fingerprint density at radius 3 is 2.00 bits per heavy atom. The summed E-state index contributed by atoms with van der Waals surface area (Å²) in [6.45, 7) is 1.24. The second-order valence-corrected chi connectivity index (χ2v) is 11.1. The van der Waals surface area contributed by atoms with Crippen molar-refractivity contribution in [1.82, 2.24) is 14.5 Å². The van der Waals surface area contributed by atoms with Crippen LogP contribution in [0.1, 0.15) is 44.2 Å². The number of esters is 3. The summed E-state index contributed by atoms with van der Waals surface area (Å²) in [4.78, 5) is 48.4. The lowest BCUT2D eigenvalue weighted by atomic mass is 9.95. The third-order valence-electron chi connectivity index (χ3n) is 7.39. The topological polar surface area (TPSA) is 119 Å². The molecule has 1 fully saturated rings. The minimum atomic E-state index is -1.70. The highest BCUT2D eigenvalue weighted by molar-refractivity contribution is 6.36. The minimum Gasteiger partial charge on any atom is -0.459 e. The van der Waals surface area contributed by atoms with E-state index in [4.69, 9.17) is 42.1 Å². The molecule has 0 aliphatic carbocycles. The van der Waals surface area contributed by atoms with Gasteiger partial charge in [0.25, 0.3) is 0 Å². The smallest absolute Gasteiger partial charge is 0.338 e. The van der Waals surface area contributed by atoms with Crippen LogP contribution in [0.4, 0.5) is 0 Å². The lowest BCUT2D eigenvalue weighted by Gasteiger charge is -2.34. The SMILES string of the molecule is C[C@@]1(OC(=O)c2ccccc2)[C@H](OC(=O)c2ccccc2)[C@@H](COC(=O)c2ccccc2)O[C@H]1n1cnc2c(Cl)nc(Cl)cc21. The van der Waals surface area contributed by atoms with Gasteiger partial charge in [-0.2, -0.15) is 0 Å². The number of hydrogen-bond acceptors (Lipinski definition) is 9. The molecular weight excluding hydrogens is 621 g/mol. The number of nitrogens with zero attached hydrogens (tertiary/aromatic N) is 3. The van der Waals surface area contributed by atoms with Gasteiger partial charge in [-0.05, 0) is 43.3 Å². The summed E-state index contributed by atoms with van der Waals surface area (Å²) in [5.41, 5.74) is -0.122. The molecule has 3 heterocycles. The van der Waals surface area contributed by atoms with Gasteiger partial charge in [0.2, 0.25) is 0 Å². The quantitative estimate of drug-likeness (QED) is 0.108. The van der Waals surface area contributed by atoms with E-state index < -0.39 is 41.9 Å². The first-order valence-corrected chi connectivity index (χ1v) is 14.6. The van der Waals surface area contributed by atoms with Crippen LogP contribution in [-0.2, 0) is 18.9 Å². The molecule has 228 valence electrons. The van der Waals surface area contributed by atoms with E-state index in [2.05, 4.69) is 9.97 Å². The summed E-state index contributed by atoms with van der Waals surface area (Å²) in [5.74, 6) is -2.01. The summed E-state index contributed by atoms with van der Waals surface area (Å²) < 4.78 is 25.9. The van der Waals surface area contributed by atoms with Gasteiger partial charge in [0.15, 0.2) is 23.1 Å². The predicted molar refractivity (Wildman–Crippen MR) is 164 cm³/mol.